The first-order valence-corrected chi connectivity index (χ1v) is 9.90. The van der Waals surface area contributed by atoms with Crippen molar-refractivity contribution in [3.05, 3.63) is 90.0 Å². The van der Waals surface area contributed by atoms with E-state index in [1.54, 1.807) is 0 Å². The molecule has 142 valence electrons. The molecule has 0 saturated carbocycles. The Kier molecular flexibility index (Phi) is 3.85. The Labute approximate surface area is 170 Å². The SMILES string of the molecule is CC(=O)Oc1ccc2cc(-c3ccc4c(c3)C(C)(C)c3ccccc3-4)ccc2c1. The Morgan fingerprint density at radius 3 is 2.21 bits per heavy atom. The van der Waals surface area contributed by atoms with Crippen LogP contribution in [0.4, 0.5) is 0 Å². The molecule has 2 nitrogen and oxygen atoms in total. The van der Waals surface area contributed by atoms with E-state index in [-0.39, 0.29) is 11.4 Å². The standard InChI is InChI=1S/C27H22O2/c1-17(28)29-22-12-10-19-14-18(8-9-20(19)15-22)21-11-13-24-23-6-4-5-7-25(23)27(2,3)26(24)16-21/h4-16H,1-3H3. The quantitative estimate of drug-likeness (QED) is 0.285. The lowest BCUT2D eigenvalue weighted by molar-refractivity contribution is -0.131. The first kappa shape index (κ1) is 17.7. The summed E-state index contributed by atoms with van der Waals surface area (Å²) in [6.07, 6.45) is 0. The van der Waals surface area contributed by atoms with Crippen LogP contribution < -0.4 is 4.74 Å². The van der Waals surface area contributed by atoms with Crippen molar-refractivity contribution < 1.29 is 9.53 Å². The Hall–Kier alpha value is -3.39. The molecule has 0 radical (unpaired) electrons. The van der Waals surface area contributed by atoms with Crippen LogP contribution in [0.5, 0.6) is 5.75 Å². The van der Waals surface area contributed by atoms with Gasteiger partial charge < -0.3 is 4.74 Å². The van der Waals surface area contributed by atoms with E-state index < -0.39 is 0 Å². The number of benzene rings is 4. The predicted octanol–water partition coefficient (Wildman–Crippen LogP) is 6.74. The smallest absolute Gasteiger partial charge is 0.308 e. The lowest BCUT2D eigenvalue weighted by atomic mass is 9.81. The van der Waals surface area contributed by atoms with Crippen LogP contribution in [0.1, 0.15) is 31.9 Å². The molecule has 0 aliphatic heterocycles. The highest BCUT2D eigenvalue weighted by molar-refractivity contribution is 5.90. The molecule has 0 spiro atoms. The summed E-state index contributed by atoms with van der Waals surface area (Å²) in [7, 11) is 0. The molecule has 1 aliphatic carbocycles. The fourth-order valence-electron chi connectivity index (χ4n) is 4.52. The van der Waals surface area contributed by atoms with Gasteiger partial charge in [-0.2, -0.15) is 0 Å². The summed E-state index contributed by atoms with van der Waals surface area (Å²) in [4.78, 5) is 11.2. The highest BCUT2D eigenvalue weighted by Crippen LogP contribution is 2.49. The Morgan fingerprint density at radius 1 is 0.724 bits per heavy atom. The maximum absolute atomic E-state index is 11.2. The molecule has 4 aromatic carbocycles. The van der Waals surface area contributed by atoms with Crippen LogP contribution in [-0.2, 0) is 10.2 Å². The van der Waals surface area contributed by atoms with Crippen LogP contribution >= 0.6 is 0 Å². The summed E-state index contributed by atoms with van der Waals surface area (Å²) in [5, 5.41) is 2.18. The van der Waals surface area contributed by atoms with Gasteiger partial charge in [-0.05, 0) is 68.4 Å². The van der Waals surface area contributed by atoms with Crippen molar-refractivity contribution in [1.29, 1.82) is 0 Å². The molecule has 0 aromatic heterocycles. The minimum atomic E-state index is -0.303. The van der Waals surface area contributed by atoms with E-state index in [9.17, 15) is 4.79 Å². The molecule has 0 fully saturated rings. The third-order valence-corrected chi connectivity index (χ3v) is 5.99. The molecule has 0 atom stereocenters. The third-order valence-electron chi connectivity index (χ3n) is 5.99. The van der Waals surface area contributed by atoms with Gasteiger partial charge >= 0.3 is 5.97 Å². The van der Waals surface area contributed by atoms with Gasteiger partial charge in [0.05, 0.1) is 0 Å². The predicted molar refractivity (Wildman–Crippen MR) is 118 cm³/mol. The number of fused-ring (bicyclic) bond motifs is 4. The molecule has 0 heterocycles. The average Bonchev–Trinajstić information content (AvgIpc) is 2.94. The first-order chi connectivity index (χ1) is 13.9. The third kappa shape index (κ3) is 2.84. The van der Waals surface area contributed by atoms with Gasteiger partial charge in [-0.15, -0.1) is 0 Å². The molecule has 1 aliphatic rings. The Bertz CT molecular complexity index is 1280. The van der Waals surface area contributed by atoms with Gasteiger partial charge in [-0.25, -0.2) is 0 Å². The van der Waals surface area contributed by atoms with Crippen molar-refractivity contribution in [1.82, 2.24) is 0 Å². The van der Waals surface area contributed by atoms with Crippen LogP contribution in [0, 0.1) is 0 Å². The maximum atomic E-state index is 11.2. The maximum Gasteiger partial charge on any atom is 0.308 e. The molecule has 0 N–H and O–H groups in total. The summed E-state index contributed by atoms with van der Waals surface area (Å²) in [6, 6.07) is 27.7. The number of rotatable bonds is 2. The number of carbonyl (C=O) groups is 1. The minimum absolute atomic E-state index is 0.00227. The summed E-state index contributed by atoms with van der Waals surface area (Å²) < 4.78 is 5.20. The highest BCUT2D eigenvalue weighted by Gasteiger charge is 2.35. The Balaban J connectivity index is 1.58. The fourth-order valence-corrected chi connectivity index (χ4v) is 4.52. The van der Waals surface area contributed by atoms with Gasteiger partial charge in [-0.1, -0.05) is 68.4 Å². The van der Waals surface area contributed by atoms with Gasteiger partial charge in [0.25, 0.3) is 0 Å². The second-order valence-electron chi connectivity index (χ2n) is 8.25. The van der Waals surface area contributed by atoms with Gasteiger partial charge in [0.15, 0.2) is 0 Å². The molecule has 2 heteroatoms. The van der Waals surface area contributed by atoms with Crippen LogP contribution in [0.25, 0.3) is 33.0 Å². The van der Waals surface area contributed by atoms with E-state index in [2.05, 4.69) is 74.5 Å². The fraction of sp³-hybridized carbons (Fsp3) is 0.148. The van der Waals surface area contributed by atoms with Gasteiger partial charge in [0.2, 0.25) is 0 Å². The van der Waals surface area contributed by atoms with Crippen LogP contribution in [0.2, 0.25) is 0 Å². The van der Waals surface area contributed by atoms with Gasteiger partial charge in [0, 0.05) is 12.3 Å². The number of hydrogen-bond donors (Lipinski definition) is 0. The molecule has 4 aromatic rings. The molecule has 0 unspecified atom stereocenters. The van der Waals surface area contributed by atoms with E-state index in [4.69, 9.17) is 4.74 Å². The molecular weight excluding hydrogens is 356 g/mol. The van der Waals surface area contributed by atoms with Crippen molar-refractivity contribution in [3.8, 4) is 28.0 Å². The molecule has 0 bridgehead atoms. The number of ether oxygens (including phenoxy) is 1. The summed E-state index contributed by atoms with van der Waals surface area (Å²) in [5.41, 5.74) is 7.85. The highest BCUT2D eigenvalue weighted by atomic mass is 16.5. The van der Waals surface area contributed by atoms with E-state index >= 15 is 0 Å². The molecule has 29 heavy (non-hydrogen) atoms. The molecular formula is C27H22O2. The van der Waals surface area contributed by atoms with E-state index in [1.807, 2.05) is 18.2 Å². The lowest BCUT2D eigenvalue weighted by Crippen LogP contribution is -2.14. The second kappa shape index (κ2) is 6.31. The van der Waals surface area contributed by atoms with Crippen molar-refractivity contribution in [2.75, 3.05) is 0 Å². The van der Waals surface area contributed by atoms with Crippen molar-refractivity contribution in [3.63, 3.8) is 0 Å². The van der Waals surface area contributed by atoms with Crippen molar-refractivity contribution in [2.45, 2.75) is 26.2 Å². The van der Waals surface area contributed by atoms with Gasteiger partial charge in [0.1, 0.15) is 5.75 Å². The number of carbonyl (C=O) groups excluding carboxylic acids is 1. The molecule has 0 amide bonds. The van der Waals surface area contributed by atoms with Crippen molar-refractivity contribution >= 4 is 16.7 Å². The monoisotopic (exact) mass is 378 g/mol. The summed E-state index contributed by atoms with van der Waals surface area (Å²) >= 11 is 0. The van der Waals surface area contributed by atoms with Crippen molar-refractivity contribution in [2.24, 2.45) is 0 Å². The van der Waals surface area contributed by atoms with E-state index in [1.165, 1.54) is 40.3 Å². The van der Waals surface area contributed by atoms with E-state index in [0.29, 0.717) is 5.75 Å². The van der Waals surface area contributed by atoms with Crippen LogP contribution in [0.3, 0.4) is 0 Å². The zero-order valence-corrected chi connectivity index (χ0v) is 16.8. The number of hydrogen-bond acceptors (Lipinski definition) is 2. The average molecular weight is 378 g/mol. The zero-order valence-electron chi connectivity index (χ0n) is 16.8. The Morgan fingerprint density at radius 2 is 1.38 bits per heavy atom. The van der Waals surface area contributed by atoms with Crippen LogP contribution in [0.15, 0.2) is 78.9 Å². The summed E-state index contributed by atoms with van der Waals surface area (Å²) in [5.74, 6) is 0.275. The normalized spacial score (nSPS) is 13.8. The van der Waals surface area contributed by atoms with Crippen LogP contribution in [-0.4, -0.2) is 5.97 Å². The van der Waals surface area contributed by atoms with Gasteiger partial charge in [-0.3, -0.25) is 4.79 Å². The minimum Gasteiger partial charge on any atom is -0.427 e. The molecule has 0 saturated heterocycles. The second-order valence-corrected chi connectivity index (χ2v) is 8.25. The summed E-state index contributed by atoms with van der Waals surface area (Å²) in [6.45, 7) is 6.03. The zero-order chi connectivity index (χ0) is 20.2. The first-order valence-electron chi connectivity index (χ1n) is 9.90. The molecule has 5 rings (SSSR count). The van der Waals surface area contributed by atoms with E-state index in [0.717, 1.165) is 10.8 Å². The topological polar surface area (TPSA) is 26.3 Å². The lowest BCUT2D eigenvalue weighted by Gasteiger charge is -2.22. The number of esters is 1. The largest absolute Gasteiger partial charge is 0.427 e.